The fourth-order valence-corrected chi connectivity index (χ4v) is 8.10. The number of amides is 2. The Morgan fingerprint density at radius 3 is 2.45 bits per heavy atom. The Morgan fingerprint density at radius 2 is 1.79 bits per heavy atom. The van der Waals surface area contributed by atoms with Crippen molar-refractivity contribution < 1.29 is 38.9 Å². The average Bonchev–Trinajstić information content (AvgIpc) is 3.20. The Morgan fingerprint density at radius 1 is 1.07 bits per heavy atom. The molecule has 0 spiro atoms. The number of carbonyl (C=O) groups is 5. The van der Waals surface area contributed by atoms with E-state index >= 15 is 0 Å². The molecule has 1 aliphatic heterocycles. The van der Waals surface area contributed by atoms with Gasteiger partial charge in [0.25, 0.3) is 0 Å². The predicted molar refractivity (Wildman–Crippen MR) is 153 cm³/mol. The summed E-state index contributed by atoms with van der Waals surface area (Å²) in [4.78, 5) is 67.4. The number of hydrogen-bond acceptors (Lipinski definition) is 7. The zero-order chi connectivity index (χ0) is 30.7. The zero-order valence-corrected chi connectivity index (χ0v) is 25.0. The van der Waals surface area contributed by atoms with Crippen LogP contribution >= 0.6 is 11.6 Å². The fourth-order valence-electron chi connectivity index (χ4n) is 7.88. The summed E-state index contributed by atoms with van der Waals surface area (Å²) in [6.07, 6.45) is 4.16. The van der Waals surface area contributed by atoms with Crippen molar-refractivity contribution in [3.63, 3.8) is 0 Å². The normalized spacial score (nSPS) is 30.6. The van der Waals surface area contributed by atoms with E-state index in [-0.39, 0.29) is 59.3 Å². The van der Waals surface area contributed by atoms with Crippen molar-refractivity contribution in [3.05, 3.63) is 45.5 Å². The molecule has 3 aliphatic carbocycles. The standard InChI is InChI=1S/C32H36ClNO8/c1-15-16(2)29(39)32(3)21(27(15)37)14-20-18(26(32)17-12-22(33)28(38)23(13-17)42-4)9-10-19-25(20)31(41)34(30(19)40)11-7-5-6-8-24(35)36/h9,12-13,19-21,25-26,38H,5-8,10-11,14H2,1-4H3,(H,35,36)/t19-,20+,21-,25-,26-,32+/m0/s1. The third-order valence-electron chi connectivity index (χ3n) is 10.1. The van der Waals surface area contributed by atoms with Crippen LogP contribution in [0, 0.1) is 29.1 Å². The Hall–Kier alpha value is -3.46. The summed E-state index contributed by atoms with van der Waals surface area (Å²) in [7, 11) is 1.40. The number of nitrogens with zero attached hydrogens (tertiary/aromatic N) is 1. The van der Waals surface area contributed by atoms with Gasteiger partial charge in [0.2, 0.25) is 11.8 Å². The number of carbonyl (C=O) groups excluding carboxylic acids is 4. The van der Waals surface area contributed by atoms with Gasteiger partial charge in [0.15, 0.2) is 23.1 Å². The van der Waals surface area contributed by atoms with E-state index in [9.17, 15) is 29.1 Å². The molecule has 1 aromatic carbocycles. The number of rotatable bonds is 8. The zero-order valence-electron chi connectivity index (χ0n) is 24.2. The number of likely N-dealkylation sites (tertiary alicyclic amines) is 1. The number of carboxylic acid groups (broad SMARTS) is 1. The van der Waals surface area contributed by atoms with E-state index in [4.69, 9.17) is 21.4 Å². The number of methoxy groups -OCH3 is 1. The highest BCUT2D eigenvalue weighted by molar-refractivity contribution is 6.32. The molecular weight excluding hydrogens is 562 g/mol. The number of allylic oxidation sites excluding steroid dienone is 4. The number of carboxylic acids is 1. The van der Waals surface area contributed by atoms with Gasteiger partial charge in [-0.05, 0) is 74.3 Å². The van der Waals surface area contributed by atoms with Crippen molar-refractivity contribution in [3.8, 4) is 11.5 Å². The van der Waals surface area contributed by atoms with Gasteiger partial charge in [-0.15, -0.1) is 0 Å². The van der Waals surface area contributed by atoms with Crippen LogP contribution in [0.2, 0.25) is 5.02 Å². The lowest BCUT2D eigenvalue weighted by Gasteiger charge is -2.54. The van der Waals surface area contributed by atoms with E-state index in [1.165, 1.54) is 12.0 Å². The second-order valence-corrected chi connectivity index (χ2v) is 12.6. The number of halogens is 1. The molecule has 1 saturated carbocycles. The monoisotopic (exact) mass is 597 g/mol. The smallest absolute Gasteiger partial charge is 0.303 e. The minimum atomic E-state index is -1.17. The molecule has 2 fully saturated rings. The molecule has 10 heteroatoms. The van der Waals surface area contributed by atoms with Gasteiger partial charge in [-0.2, -0.15) is 0 Å². The molecule has 0 radical (unpaired) electrons. The number of phenols is 1. The second kappa shape index (κ2) is 11.0. The molecule has 0 unspecified atom stereocenters. The van der Waals surface area contributed by atoms with E-state index in [2.05, 4.69) is 0 Å². The molecule has 2 N–H and O–H groups in total. The van der Waals surface area contributed by atoms with E-state index < -0.39 is 41.0 Å². The fraction of sp³-hybridized carbons (Fsp3) is 0.531. The van der Waals surface area contributed by atoms with Crippen LogP contribution in [0.15, 0.2) is 34.9 Å². The summed E-state index contributed by atoms with van der Waals surface area (Å²) in [5.41, 5.74) is 1.08. The van der Waals surface area contributed by atoms with Gasteiger partial charge in [0, 0.05) is 24.8 Å². The Balaban J connectivity index is 1.57. The molecule has 0 bridgehead atoms. The highest BCUT2D eigenvalue weighted by Crippen LogP contribution is 2.63. The number of aliphatic carboxylic acids is 1. The van der Waals surface area contributed by atoms with Gasteiger partial charge >= 0.3 is 5.97 Å². The first kappa shape index (κ1) is 30.0. The molecule has 1 aromatic rings. The minimum Gasteiger partial charge on any atom is -0.503 e. The van der Waals surface area contributed by atoms with Crippen molar-refractivity contribution in [2.75, 3.05) is 13.7 Å². The first-order valence-electron chi connectivity index (χ1n) is 14.4. The van der Waals surface area contributed by atoms with Crippen molar-refractivity contribution >= 4 is 41.0 Å². The average molecular weight is 598 g/mol. The molecule has 1 heterocycles. The maximum atomic E-state index is 14.1. The Bertz CT molecular complexity index is 1460. The quantitative estimate of drug-likeness (QED) is 0.246. The lowest BCUT2D eigenvalue weighted by Crippen LogP contribution is -2.55. The van der Waals surface area contributed by atoms with E-state index in [0.717, 1.165) is 5.57 Å². The van der Waals surface area contributed by atoms with Crippen LogP contribution in [-0.4, -0.2) is 58.1 Å². The SMILES string of the molecule is COc1cc([C@H]2C3=CC[C@@H]4C(=O)N(CCCCCC(=O)O)C(=O)[C@@H]4[C@@H]3C[C@H]3C(=O)C(C)=C(C)C(=O)[C@@]23C)cc(Cl)c1O. The lowest BCUT2D eigenvalue weighted by molar-refractivity contribution is -0.143. The topological polar surface area (TPSA) is 138 Å². The van der Waals surface area contributed by atoms with Gasteiger partial charge in [0.1, 0.15) is 0 Å². The number of Topliss-reactive ketones (excluding diaryl/α,β-unsaturated/α-hetero) is 2. The molecule has 0 aromatic heterocycles. The number of benzene rings is 1. The van der Waals surface area contributed by atoms with Crippen molar-refractivity contribution in [2.24, 2.45) is 29.1 Å². The molecule has 1 saturated heterocycles. The molecule has 6 atom stereocenters. The minimum absolute atomic E-state index is 0.0379. The van der Waals surface area contributed by atoms with Crippen molar-refractivity contribution in [1.82, 2.24) is 4.90 Å². The molecule has 5 rings (SSSR count). The molecule has 42 heavy (non-hydrogen) atoms. The van der Waals surface area contributed by atoms with E-state index in [1.807, 2.05) is 6.08 Å². The lowest BCUT2D eigenvalue weighted by atomic mass is 9.46. The van der Waals surface area contributed by atoms with E-state index in [1.54, 1.807) is 32.9 Å². The Kier molecular flexibility index (Phi) is 7.85. The number of phenolic OH excluding ortho intramolecular Hbond substituents is 1. The number of ketones is 2. The van der Waals surface area contributed by atoms with E-state index in [0.29, 0.717) is 42.4 Å². The van der Waals surface area contributed by atoms with Crippen LogP contribution < -0.4 is 4.74 Å². The summed E-state index contributed by atoms with van der Waals surface area (Å²) in [5.74, 6) is -4.78. The molecule has 224 valence electrons. The predicted octanol–water partition coefficient (Wildman–Crippen LogP) is 4.84. The second-order valence-electron chi connectivity index (χ2n) is 12.2. The number of aromatic hydroxyl groups is 1. The maximum absolute atomic E-state index is 14.1. The van der Waals surface area contributed by atoms with Gasteiger partial charge in [0.05, 0.1) is 29.4 Å². The third kappa shape index (κ3) is 4.48. The summed E-state index contributed by atoms with van der Waals surface area (Å²) in [5, 5.41) is 19.4. The van der Waals surface area contributed by atoms with Gasteiger partial charge in [-0.25, -0.2) is 0 Å². The number of imide groups is 1. The van der Waals surface area contributed by atoms with Crippen LogP contribution in [0.3, 0.4) is 0 Å². The highest BCUT2D eigenvalue weighted by atomic mass is 35.5. The van der Waals surface area contributed by atoms with Gasteiger partial charge in [-0.3, -0.25) is 28.9 Å². The van der Waals surface area contributed by atoms with Gasteiger partial charge < -0.3 is 14.9 Å². The van der Waals surface area contributed by atoms with Crippen LogP contribution in [-0.2, 0) is 24.0 Å². The largest absolute Gasteiger partial charge is 0.503 e. The first-order chi connectivity index (χ1) is 19.8. The summed E-state index contributed by atoms with van der Waals surface area (Å²) < 4.78 is 5.38. The third-order valence-corrected chi connectivity index (χ3v) is 10.4. The highest BCUT2D eigenvalue weighted by Gasteiger charge is 2.63. The number of unbranched alkanes of at least 4 members (excludes halogenated alkanes) is 2. The number of hydrogen-bond donors (Lipinski definition) is 2. The number of ether oxygens (including phenoxy) is 1. The summed E-state index contributed by atoms with van der Waals surface area (Å²) in [6.45, 7) is 5.36. The van der Waals surface area contributed by atoms with Crippen LogP contribution in [0.25, 0.3) is 0 Å². The van der Waals surface area contributed by atoms with Crippen LogP contribution in [0.1, 0.15) is 70.8 Å². The van der Waals surface area contributed by atoms with Crippen molar-refractivity contribution in [1.29, 1.82) is 0 Å². The summed E-state index contributed by atoms with van der Waals surface area (Å²) >= 11 is 6.42. The van der Waals surface area contributed by atoms with Crippen LogP contribution in [0.5, 0.6) is 11.5 Å². The molecular formula is C32H36ClNO8. The van der Waals surface area contributed by atoms with Crippen molar-refractivity contribution in [2.45, 2.75) is 65.2 Å². The molecule has 9 nitrogen and oxygen atoms in total. The maximum Gasteiger partial charge on any atom is 0.303 e. The molecule has 4 aliphatic rings. The molecule has 2 amide bonds. The summed E-state index contributed by atoms with van der Waals surface area (Å²) in [6, 6.07) is 3.22. The van der Waals surface area contributed by atoms with Gasteiger partial charge in [-0.1, -0.05) is 36.6 Å². The first-order valence-corrected chi connectivity index (χ1v) is 14.8. The Labute approximate surface area is 249 Å². The van der Waals surface area contributed by atoms with Crippen LogP contribution in [0.4, 0.5) is 0 Å². The number of fused-ring (bicyclic) bond motifs is 4.